The first kappa shape index (κ1) is 13.3. The number of anilines is 3. The zero-order valence-corrected chi connectivity index (χ0v) is 11.8. The topological polar surface area (TPSA) is 41.1 Å². The van der Waals surface area contributed by atoms with E-state index in [4.69, 9.17) is 0 Å². The van der Waals surface area contributed by atoms with E-state index in [0.717, 1.165) is 22.4 Å². The van der Waals surface area contributed by atoms with Crippen LogP contribution in [-0.2, 0) is 0 Å². The van der Waals surface area contributed by atoms with E-state index in [0.29, 0.717) is 5.95 Å². The Labute approximate surface area is 122 Å². The molecule has 0 saturated heterocycles. The zero-order valence-electron chi connectivity index (χ0n) is 11.8. The lowest BCUT2D eigenvalue weighted by Gasteiger charge is -2.20. The van der Waals surface area contributed by atoms with E-state index in [-0.39, 0.29) is 5.82 Å². The molecule has 5 heteroatoms. The third-order valence-electron chi connectivity index (χ3n) is 3.34. The van der Waals surface area contributed by atoms with Gasteiger partial charge < -0.3 is 10.2 Å². The molecule has 0 saturated carbocycles. The van der Waals surface area contributed by atoms with Gasteiger partial charge in [-0.1, -0.05) is 12.1 Å². The van der Waals surface area contributed by atoms with Crippen LogP contribution in [0.25, 0.3) is 10.9 Å². The number of nitrogens with one attached hydrogen (secondary N) is 1. The molecule has 0 aliphatic rings. The highest BCUT2D eigenvalue weighted by molar-refractivity contribution is 5.92. The Morgan fingerprint density at radius 2 is 1.71 bits per heavy atom. The van der Waals surface area contributed by atoms with Crippen molar-refractivity contribution in [2.45, 2.75) is 0 Å². The van der Waals surface area contributed by atoms with Gasteiger partial charge in [-0.2, -0.15) is 4.98 Å². The molecule has 3 rings (SSSR count). The van der Waals surface area contributed by atoms with E-state index in [1.807, 2.05) is 36.2 Å². The molecule has 0 aliphatic heterocycles. The summed E-state index contributed by atoms with van der Waals surface area (Å²) in [5.74, 6) is 1.07. The molecule has 4 nitrogen and oxygen atoms in total. The maximum absolute atomic E-state index is 13.1. The molecule has 0 amide bonds. The summed E-state index contributed by atoms with van der Waals surface area (Å²) in [5.41, 5.74) is 1.73. The molecule has 0 radical (unpaired) electrons. The first-order valence-corrected chi connectivity index (χ1v) is 6.63. The van der Waals surface area contributed by atoms with E-state index >= 15 is 0 Å². The number of para-hydroxylation sites is 1. The largest absolute Gasteiger partial charge is 0.357 e. The van der Waals surface area contributed by atoms with Crippen molar-refractivity contribution in [2.24, 2.45) is 0 Å². The van der Waals surface area contributed by atoms with Crippen LogP contribution in [0.4, 0.5) is 21.8 Å². The minimum absolute atomic E-state index is 0.254. The van der Waals surface area contributed by atoms with Gasteiger partial charge in [0.2, 0.25) is 5.95 Å². The summed E-state index contributed by atoms with van der Waals surface area (Å²) in [7, 11) is 3.69. The Hall–Kier alpha value is -2.69. The van der Waals surface area contributed by atoms with Gasteiger partial charge in [0.05, 0.1) is 5.52 Å². The molecule has 0 spiro atoms. The number of aromatic nitrogens is 2. The first-order chi connectivity index (χ1) is 10.2. The standard InChI is InChI=1S/C16H15FN4/c1-18-16-19-14-6-4-3-5-13(14)15(20-16)21(2)12-9-7-11(17)8-10-12/h3-10H,1-2H3,(H,18,19,20). The highest BCUT2D eigenvalue weighted by Crippen LogP contribution is 2.29. The predicted octanol–water partition coefficient (Wildman–Crippen LogP) is 3.58. The van der Waals surface area contributed by atoms with Gasteiger partial charge in [0.15, 0.2) is 0 Å². The van der Waals surface area contributed by atoms with E-state index in [2.05, 4.69) is 15.3 Å². The molecule has 0 unspecified atom stereocenters. The summed E-state index contributed by atoms with van der Waals surface area (Å²) in [5, 5.41) is 3.91. The van der Waals surface area contributed by atoms with E-state index < -0.39 is 0 Å². The van der Waals surface area contributed by atoms with Crippen LogP contribution >= 0.6 is 0 Å². The third-order valence-corrected chi connectivity index (χ3v) is 3.34. The minimum atomic E-state index is -0.254. The van der Waals surface area contributed by atoms with Gasteiger partial charge >= 0.3 is 0 Å². The van der Waals surface area contributed by atoms with Gasteiger partial charge in [-0.3, -0.25) is 0 Å². The fourth-order valence-corrected chi connectivity index (χ4v) is 2.21. The monoisotopic (exact) mass is 282 g/mol. The Kier molecular flexibility index (Phi) is 3.39. The SMILES string of the molecule is CNc1nc(N(C)c2ccc(F)cc2)c2ccccc2n1. The summed E-state index contributed by atoms with van der Waals surface area (Å²) >= 11 is 0. The molecule has 0 aliphatic carbocycles. The van der Waals surface area contributed by atoms with Crippen LogP contribution in [0.2, 0.25) is 0 Å². The van der Waals surface area contributed by atoms with Crippen molar-refractivity contribution in [2.75, 3.05) is 24.3 Å². The van der Waals surface area contributed by atoms with Gasteiger partial charge in [-0.25, -0.2) is 9.37 Å². The van der Waals surface area contributed by atoms with Crippen LogP contribution in [-0.4, -0.2) is 24.1 Å². The van der Waals surface area contributed by atoms with Crippen LogP contribution in [0.1, 0.15) is 0 Å². The van der Waals surface area contributed by atoms with Crippen LogP contribution in [0.15, 0.2) is 48.5 Å². The van der Waals surface area contributed by atoms with Crippen LogP contribution in [0.3, 0.4) is 0 Å². The molecule has 0 fully saturated rings. The second-order valence-corrected chi connectivity index (χ2v) is 4.67. The maximum Gasteiger partial charge on any atom is 0.224 e. The van der Waals surface area contributed by atoms with Gasteiger partial charge in [0.25, 0.3) is 0 Å². The molecule has 106 valence electrons. The lowest BCUT2D eigenvalue weighted by atomic mass is 10.2. The quantitative estimate of drug-likeness (QED) is 0.797. The number of fused-ring (bicyclic) bond motifs is 1. The van der Waals surface area contributed by atoms with Gasteiger partial charge in [-0.15, -0.1) is 0 Å². The number of rotatable bonds is 3. The number of nitrogens with zero attached hydrogens (tertiary/aromatic N) is 3. The molecule has 1 heterocycles. The number of hydrogen-bond acceptors (Lipinski definition) is 4. The summed E-state index contributed by atoms with van der Waals surface area (Å²) in [6.45, 7) is 0. The molecule has 21 heavy (non-hydrogen) atoms. The highest BCUT2D eigenvalue weighted by atomic mass is 19.1. The van der Waals surface area contributed by atoms with Crippen LogP contribution < -0.4 is 10.2 Å². The Bertz CT molecular complexity index is 771. The molecule has 0 bridgehead atoms. The predicted molar refractivity (Wildman–Crippen MR) is 83.5 cm³/mol. The van der Waals surface area contributed by atoms with Crippen molar-refractivity contribution in [1.82, 2.24) is 9.97 Å². The molecular formula is C16H15FN4. The van der Waals surface area contributed by atoms with E-state index in [1.54, 1.807) is 19.2 Å². The summed E-state index contributed by atoms with van der Waals surface area (Å²) in [4.78, 5) is 10.9. The Balaban J connectivity index is 2.16. The summed E-state index contributed by atoms with van der Waals surface area (Å²) in [6, 6.07) is 14.1. The molecule has 3 aromatic rings. The van der Waals surface area contributed by atoms with E-state index in [9.17, 15) is 4.39 Å². The van der Waals surface area contributed by atoms with Gasteiger partial charge in [0.1, 0.15) is 11.6 Å². The highest BCUT2D eigenvalue weighted by Gasteiger charge is 2.12. The molecule has 1 aromatic heterocycles. The lowest BCUT2D eigenvalue weighted by Crippen LogP contribution is -2.13. The number of hydrogen-bond donors (Lipinski definition) is 1. The van der Waals surface area contributed by atoms with Crippen molar-refractivity contribution in [3.05, 3.63) is 54.3 Å². The van der Waals surface area contributed by atoms with E-state index in [1.165, 1.54) is 12.1 Å². The Morgan fingerprint density at radius 3 is 2.43 bits per heavy atom. The summed E-state index contributed by atoms with van der Waals surface area (Å²) < 4.78 is 13.1. The second kappa shape index (κ2) is 5.36. The van der Waals surface area contributed by atoms with Crippen molar-refractivity contribution < 1.29 is 4.39 Å². The molecule has 0 atom stereocenters. The van der Waals surface area contributed by atoms with Crippen LogP contribution in [0.5, 0.6) is 0 Å². The fraction of sp³-hybridized carbons (Fsp3) is 0.125. The average molecular weight is 282 g/mol. The van der Waals surface area contributed by atoms with Crippen molar-refractivity contribution in [3.8, 4) is 0 Å². The van der Waals surface area contributed by atoms with Crippen molar-refractivity contribution >= 4 is 28.4 Å². The summed E-state index contributed by atoms with van der Waals surface area (Å²) in [6.07, 6.45) is 0. The maximum atomic E-state index is 13.1. The number of benzene rings is 2. The zero-order chi connectivity index (χ0) is 14.8. The second-order valence-electron chi connectivity index (χ2n) is 4.67. The minimum Gasteiger partial charge on any atom is -0.357 e. The van der Waals surface area contributed by atoms with Gasteiger partial charge in [0, 0.05) is 25.2 Å². The first-order valence-electron chi connectivity index (χ1n) is 6.63. The fourth-order valence-electron chi connectivity index (χ4n) is 2.21. The average Bonchev–Trinajstić information content (AvgIpc) is 2.53. The smallest absolute Gasteiger partial charge is 0.224 e. The number of halogens is 1. The third kappa shape index (κ3) is 2.50. The van der Waals surface area contributed by atoms with Crippen molar-refractivity contribution in [3.63, 3.8) is 0 Å². The normalized spacial score (nSPS) is 10.6. The Morgan fingerprint density at radius 1 is 1.00 bits per heavy atom. The van der Waals surface area contributed by atoms with Crippen molar-refractivity contribution in [1.29, 1.82) is 0 Å². The van der Waals surface area contributed by atoms with Gasteiger partial charge in [-0.05, 0) is 36.4 Å². The molecule has 2 aromatic carbocycles. The van der Waals surface area contributed by atoms with Crippen LogP contribution in [0, 0.1) is 5.82 Å². The molecular weight excluding hydrogens is 267 g/mol. The molecule has 1 N–H and O–H groups in total. The lowest BCUT2D eigenvalue weighted by molar-refractivity contribution is 0.628.